The Morgan fingerprint density at radius 2 is 2.11 bits per heavy atom. The molecule has 1 aromatic rings. The first-order valence-electron chi connectivity index (χ1n) is 6.00. The number of piperidine rings is 1. The molecule has 1 saturated heterocycles. The van der Waals surface area contributed by atoms with Crippen molar-refractivity contribution < 1.29 is 9.18 Å². The Balaban J connectivity index is 0.00000162. The van der Waals surface area contributed by atoms with Crippen molar-refractivity contribution in [3.8, 4) is 0 Å². The molecule has 0 saturated carbocycles. The smallest absolute Gasteiger partial charge is 0.251 e. The first-order chi connectivity index (χ1) is 8.25. The van der Waals surface area contributed by atoms with Gasteiger partial charge in [-0.25, -0.2) is 4.39 Å². The second-order valence-electron chi connectivity index (χ2n) is 4.43. The van der Waals surface area contributed by atoms with Gasteiger partial charge in [-0.1, -0.05) is 0 Å². The zero-order valence-corrected chi connectivity index (χ0v) is 10.9. The molecule has 2 rings (SSSR count). The van der Waals surface area contributed by atoms with Crippen molar-refractivity contribution >= 4 is 18.3 Å². The van der Waals surface area contributed by atoms with E-state index in [1.54, 1.807) is 0 Å². The second-order valence-corrected chi connectivity index (χ2v) is 4.43. The molecule has 0 aromatic heterocycles. The van der Waals surface area contributed by atoms with E-state index in [9.17, 15) is 9.18 Å². The molecule has 0 aliphatic carbocycles. The lowest BCUT2D eigenvalue weighted by molar-refractivity contribution is 0.0945. The topological polar surface area (TPSA) is 41.1 Å². The van der Waals surface area contributed by atoms with Crippen LogP contribution in [0.5, 0.6) is 0 Å². The van der Waals surface area contributed by atoms with Crippen LogP contribution in [0.1, 0.15) is 23.2 Å². The number of hydrogen-bond acceptors (Lipinski definition) is 2. The highest BCUT2D eigenvalue weighted by molar-refractivity contribution is 5.94. The van der Waals surface area contributed by atoms with Crippen LogP contribution in [0.3, 0.4) is 0 Å². The molecule has 1 unspecified atom stereocenters. The molecule has 1 aromatic carbocycles. The normalized spacial score (nSPS) is 18.8. The quantitative estimate of drug-likeness (QED) is 0.883. The molecular formula is C13H18ClFN2O. The molecule has 18 heavy (non-hydrogen) atoms. The Morgan fingerprint density at radius 3 is 2.72 bits per heavy atom. The molecule has 1 fully saturated rings. The summed E-state index contributed by atoms with van der Waals surface area (Å²) in [5.41, 5.74) is 0.509. The van der Waals surface area contributed by atoms with E-state index in [1.807, 2.05) is 0 Å². The summed E-state index contributed by atoms with van der Waals surface area (Å²) in [5.74, 6) is 0.0572. The maximum absolute atomic E-state index is 12.7. The van der Waals surface area contributed by atoms with E-state index in [4.69, 9.17) is 0 Å². The fraction of sp³-hybridized carbons (Fsp3) is 0.462. The van der Waals surface area contributed by atoms with Crippen LogP contribution in [-0.4, -0.2) is 25.5 Å². The van der Waals surface area contributed by atoms with Crippen LogP contribution in [0.15, 0.2) is 24.3 Å². The van der Waals surface area contributed by atoms with Gasteiger partial charge in [-0.2, -0.15) is 0 Å². The fourth-order valence-corrected chi connectivity index (χ4v) is 2.04. The lowest BCUT2D eigenvalue weighted by Crippen LogP contribution is -2.38. The highest BCUT2D eigenvalue weighted by Gasteiger charge is 2.14. The standard InChI is InChI=1S/C13H17FN2O.ClH/c14-12-5-3-11(4-6-12)13(17)16-9-10-2-1-7-15-8-10;/h3-6,10,15H,1-2,7-9H2,(H,16,17);1H. The Labute approximate surface area is 113 Å². The predicted molar refractivity (Wildman–Crippen MR) is 71.6 cm³/mol. The molecule has 1 amide bonds. The van der Waals surface area contributed by atoms with Crippen molar-refractivity contribution in [2.24, 2.45) is 5.92 Å². The fourth-order valence-electron chi connectivity index (χ4n) is 2.04. The van der Waals surface area contributed by atoms with E-state index >= 15 is 0 Å². The largest absolute Gasteiger partial charge is 0.352 e. The average Bonchev–Trinajstić information content (AvgIpc) is 2.38. The van der Waals surface area contributed by atoms with E-state index in [0.29, 0.717) is 18.0 Å². The Hall–Kier alpha value is -1.13. The predicted octanol–water partition coefficient (Wildman–Crippen LogP) is 1.98. The van der Waals surface area contributed by atoms with Crippen LogP contribution in [-0.2, 0) is 0 Å². The summed E-state index contributed by atoms with van der Waals surface area (Å²) in [6.07, 6.45) is 2.31. The monoisotopic (exact) mass is 272 g/mol. The summed E-state index contributed by atoms with van der Waals surface area (Å²) in [6, 6.07) is 5.61. The van der Waals surface area contributed by atoms with Crippen molar-refractivity contribution in [3.63, 3.8) is 0 Å². The lowest BCUT2D eigenvalue weighted by atomic mass is 10.00. The number of benzene rings is 1. The first kappa shape index (κ1) is 14.9. The van der Waals surface area contributed by atoms with Gasteiger partial charge in [0.25, 0.3) is 5.91 Å². The average molecular weight is 273 g/mol. The van der Waals surface area contributed by atoms with Gasteiger partial charge >= 0.3 is 0 Å². The van der Waals surface area contributed by atoms with Crippen molar-refractivity contribution in [2.45, 2.75) is 12.8 Å². The zero-order valence-electron chi connectivity index (χ0n) is 10.1. The van der Waals surface area contributed by atoms with E-state index in [1.165, 1.54) is 24.3 Å². The molecule has 1 atom stereocenters. The third-order valence-corrected chi connectivity index (χ3v) is 3.06. The van der Waals surface area contributed by atoms with Gasteiger partial charge in [-0.05, 0) is 56.1 Å². The molecule has 5 heteroatoms. The number of carbonyl (C=O) groups is 1. The van der Waals surface area contributed by atoms with Crippen molar-refractivity contribution in [3.05, 3.63) is 35.6 Å². The minimum absolute atomic E-state index is 0. The molecule has 1 aliphatic rings. The van der Waals surface area contributed by atoms with E-state index < -0.39 is 0 Å². The maximum Gasteiger partial charge on any atom is 0.251 e. The van der Waals surface area contributed by atoms with Crippen LogP contribution in [0.2, 0.25) is 0 Å². The van der Waals surface area contributed by atoms with Crippen LogP contribution >= 0.6 is 12.4 Å². The molecular weight excluding hydrogens is 255 g/mol. The van der Waals surface area contributed by atoms with Crippen molar-refractivity contribution in [1.82, 2.24) is 10.6 Å². The van der Waals surface area contributed by atoms with Gasteiger partial charge in [0.05, 0.1) is 0 Å². The minimum atomic E-state index is -0.321. The summed E-state index contributed by atoms with van der Waals surface area (Å²) in [7, 11) is 0. The Kier molecular flexibility index (Phi) is 6.09. The highest BCUT2D eigenvalue weighted by atomic mass is 35.5. The van der Waals surface area contributed by atoms with Gasteiger partial charge < -0.3 is 10.6 Å². The molecule has 100 valence electrons. The number of nitrogens with one attached hydrogen (secondary N) is 2. The molecule has 1 heterocycles. The highest BCUT2D eigenvalue weighted by Crippen LogP contribution is 2.09. The van der Waals surface area contributed by atoms with Gasteiger partial charge in [-0.15, -0.1) is 12.4 Å². The van der Waals surface area contributed by atoms with Gasteiger partial charge in [0, 0.05) is 12.1 Å². The van der Waals surface area contributed by atoms with Crippen LogP contribution in [0.25, 0.3) is 0 Å². The summed E-state index contributed by atoms with van der Waals surface area (Å²) in [4.78, 5) is 11.7. The van der Waals surface area contributed by atoms with Crippen molar-refractivity contribution in [2.75, 3.05) is 19.6 Å². The van der Waals surface area contributed by atoms with Gasteiger partial charge in [0.15, 0.2) is 0 Å². The van der Waals surface area contributed by atoms with Crippen LogP contribution < -0.4 is 10.6 Å². The maximum atomic E-state index is 12.7. The molecule has 3 nitrogen and oxygen atoms in total. The number of carbonyl (C=O) groups excluding carboxylic acids is 1. The number of halogens is 2. The third-order valence-electron chi connectivity index (χ3n) is 3.06. The van der Waals surface area contributed by atoms with E-state index in [2.05, 4.69) is 10.6 Å². The van der Waals surface area contributed by atoms with Gasteiger partial charge in [0.1, 0.15) is 5.82 Å². The van der Waals surface area contributed by atoms with E-state index in [0.717, 1.165) is 25.9 Å². The van der Waals surface area contributed by atoms with Gasteiger partial charge in [0.2, 0.25) is 0 Å². The van der Waals surface area contributed by atoms with Crippen LogP contribution in [0.4, 0.5) is 4.39 Å². The van der Waals surface area contributed by atoms with E-state index in [-0.39, 0.29) is 24.1 Å². The zero-order chi connectivity index (χ0) is 12.1. The lowest BCUT2D eigenvalue weighted by Gasteiger charge is -2.22. The molecule has 0 spiro atoms. The summed E-state index contributed by atoms with van der Waals surface area (Å²) in [6.45, 7) is 2.72. The molecule has 1 aliphatic heterocycles. The molecule has 0 radical (unpaired) electrons. The summed E-state index contributed by atoms with van der Waals surface area (Å²) in [5, 5.41) is 6.19. The SMILES string of the molecule is Cl.O=C(NCC1CCCNC1)c1ccc(F)cc1. The first-order valence-corrected chi connectivity index (χ1v) is 6.00. The molecule has 0 bridgehead atoms. The summed E-state index contributed by atoms with van der Waals surface area (Å²) >= 11 is 0. The van der Waals surface area contributed by atoms with Crippen LogP contribution in [0, 0.1) is 11.7 Å². The minimum Gasteiger partial charge on any atom is -0.352 e. The Bertz CT molecular complexity index is 377. The number of rotatable bonds is 3. The Morgan fingerprint density at radius 1 is 1.39 bits per heavy atom. The number of hydrogen-bond donors (Lipinski definition) is 2. The summed E-state index contributed by atoms with van der Waals surface area (Å²) < 4.78 is 12.7. The number of amides is 1. The van der Waals surface area contributed by atoms with Crippen molar-refractivity contribution in [1.29, 1.82) is 0 Å². The third kappa shape index (κ3) is 4.27. The molecule has 2 N–H and O–H groups in total. The second kappa shape index (κ2) is 7.34. The van der Waals surface area contributed by atoms with Gasteiger partial charge in [-0.3, -0.25) is 4.79 Å².